The van der Waals surface area contributed by atoms with E-state index in [9.17, 15) is 13.2 Å². The molecule has 0 aliphatic rings. The van der Waals surface area contributed by atoms with E-state index in [-0.39, 0.29) is 5.82 Å². The van der Waals surface area contributed by atoms with Crippen LogP contribution in [0.15, 0.2) is 41.1 Å². The van der Waals surface area contributed by atoms with E-state index in [2.05, 4.69) is 20.9 Å². The molecule has 6 heteroatoms. The zero-order valence-electron chi connectivity index (χ0n) is 10.1. The summed E-state index contributed by atoms with van der Waals surface area (Å²) in [6.07, 6.45) is 1.50. The van der Waals surface area contributed by atoms with Crippen LogP contribution in [-0.4, -0.2) is 9.55 Å². The SMILES string of the molecule is Fc1cc2ncn(Cc3ccc(F)c(Br)c3)c2cc1F. The fourth-order valence-corrected chi connectivity index (χ4v) is 2.44. The third-order valence-corrected chi connectivity index (χ3v) is 3.61. The summed E-state index contributed by atoms with van der Waals surface area (Å²) in [5.41, 5.74) is 1.69. The number of nitrogens with zero attached hydrogens (tertiary/aromatic N) is 2. The maximum atomic E-state index is 13.3. The van der Waals surface area contributed by atoms with Crippen molar-refractivity contribution in [2.45, 2.75) is 6.54 Å². The van der Waals surface area contributed by atoms with Crippen molar-refractivity contribution in [2.24, 2.45) is 0 Å². The van der Waals surface area contributed by atoms with E-state index in [0.717, 1.165) is 17.7 Å². The minimum Gasteiger partial charge on any atom is -0.326 e. The first-order valence-electron chi connectivity index (χ1n) is 5.78. The number of rotatable bonds is 2. The predicted octanol–water partition coefficient (Wildman–Crippen LogP) is 4.26. The van der Waals surface area contributed by atoms with E-state index in [1.165, 1.54) is 12.4 Å². The van der Waals surface area contributed by atoms with Gasteiger partial charge in [-0.25, -0.2) is 18.2 Å². The third-order valence-electron chi connectivity index (χ3n) is 3.00. The number of aromatic nitrogens is 2. The Balaban J connectivity index is 2.02. The van der Waals surface area contributed by atoms with Crippen molar-refractivity contribution < 1.29 is 13.2 Å². The standard InChI is InChI=1S/C14H8BrF3N2/c15-9-3-8(1-2-10(9)16)6-20-7-19-13-4-11(17)12(18)5-14(13)20/h1-5,7H,6H2. The van der Waals surface area contributed by atoms with Crippen LogP contribution in [0.5, 0.6) is 0 Å². The van der Waals surface area contributed by atoms with Crippen LogP contribution < -0.4 is 0 Å². The van der Waals surface area contributed by atoms with Crippen molar-refractivity contribution in [3.05, 3.63) is 64.1 Å². The lowest BCUT2D eigenvalue weighted by Crippen LogP contribution is -1.99. The molecule has 3 aromatic rings. The number of hydrogen-bond acceptors (Lipinski definition) is 1. The summed E-state index contributed by atoms with van der Waals surface area (Å²) < 4.78 is 41.6. The largest absolute Gasteiger partial charge is 0.326 e. The molecule has 0 spiro atoms. The van der Waals surface area contributed by atoms with Gasteiger partial charge in [-0.1, -0.05) is 6.07 Å². The van der Waals surface area contributed by atoms with Crippen molar-refractivity contribution in [1.82, 2.24) is 9.55 Å². The molecule has 0 amide bonds. The Bertz CT molecular complexity index is 798. The molecule has 2 nitrogen and oxygen atoms in total. The highest BCUT2D eigenvalue weighted by molar-refractivity contribution is 9.10. The number of hydrogen-bond donors (Lipinski definition) is 0. The molecule has 20 heavy (non-hydrogen) atoms. The third kappa shape index (κ3) is 2.31. The van der Waals surface area contributed by atoms with Crippen LogP contribution >= 0.6 is 15.9 Å². The van der Waals surface area contributed by atoms with E-state index < -0.39 is 11.6 Å². The van der Waals surface area contributed by atoms with Crippen molar-refractivity contribution in [3.63, 3.8) is 0 Å². The van der Waals surface area contributed by atoms with Gasteiger partial charge in [-0.3, -0.25) is 0 Å². The maximum absolute atomic E-state index is 13.3. The van der Waals surface area contributed by atoms with Gasteiger partial charge in [0.1, 0.15) is 5.82 Å². The Kier molecular flexibility index (Phi) is 3.25. The molecule has 0 bridgehead atoms. The number of imidazole rings is 1. The van der Waals surface area contributed by atoms with Crippen LogP contribution in [0, 0.1) is 17.5 Å². The second kappa shape index (κ2) is 4.94. The molecule has 0 saturated heterocycles. The molecule has 0 aliphatic heterocycles. The van der Waals surface area contributed by atoms with Crippen molar-refractivity contribution in [1.29, 1.82) is 0 Å². The average Bonchev–Trinajstić information content (AvgIpc) is 2.77. The molecule has 0 N–H and O–H groups in total. The van der Waals surface area contributed by atoms with Gasteiger partial charge < -0.3 is 4.57 Å². The summed E-state index contributed by atoms with van der Waals surface area (Å²) in [5.74, 6) is -2.19. The number of benzene rings is 2. The minimum absolute atomic E-state index is 0.350. The van der Waals surface area contributed by atoms with Crippen LogP contribution in [0.1, 0.15) is 5.56 Å². The zero-order valence-corrected chi connectivity index (χ0v) is 11.7. The van der Waals surface area contributed by atoms with Crippen LogP contribution in [0.2, 0.25) is 0 Å². The highest BCUT2D eigenvalue weighted by Crippen LogP contribution is 2.21. The molecule has 1 aromatic heterocycles. The molecule has 2 aromatic carbocycles. The molecule has 1 heterocycles. The molecule has 0 unspecified atom stereocenters. The molecule has 102 valence electrons. The molecule has 0 aliphatic carbocycles. The Labute approximate surface area is 121 Å². The quantitative estimate of drug-likeness (QED) is 0.681. The van der Waals surface area contributed by atoms with Crippen molar-refractivity contribution in [2.75, 3.05) is 0 Å². The van der Waals surface area contributed by atoms with E-state index in [4.69, 9.17) is 0 Å². The van der Waals surface area contributed by atoms with Gasteiger partial charge in [-0.2, -0.15) is 0 Å². The predicted molar refractivity (Wildman–Crippen MR) is 72.9 cm³/mol. The fraction of sp³-hybridized carbons (Fsp3) is 0.0714. The fourth-order valence-electron chi connectivity index (χ4n) is 2.01. The maximum Gasteiger partial charge on any atom is 0.161 e. The van der Waals surface area contributed by atoms with E-state index in [0.29, 0.717) is 22.1 Å². The Morgan fingerprint density at radius 2 is 1.75 bits per heavy atom. The van der Waals surface area contributed by atoms with Crippen LogP contribution in [0.4, 0.5) is 13.2 Å². The van der Waals surface area contributed by atoms with Crippen LogP contribution in [-0.2, 0) is 6.54 Å². The Morgan fingerprint density at radius 3 is 2.50 bits per heavy atom. The first kappa shape index (κ1) is 13.2. The highest BCUT2D eigenvalue weighted by atomic mass is 79.9. The van der Waals surface area contributed by atoms with Crippen LogP contribution in [0.3, 0.4) is 0 Å². The zero-order chi connectivity index (χ0) is 14.3. The summed E-state index contributed by atoms with van der Waals surface area (Å²) in [4.78, 5) is 4.03. The first-order valence-corrected chi connectivity index (χ1v) is 6.58. The highest BCUT2D eigenvalue weighted by Gasteiger charge is 2.10. The second-order valence-corrected chi connectivity index (χ2v) is 5.23. The molecule has 0 radical (unpaired) electrons. The van der Waals surface area contributed by atoms with Gasteiger partial charge in [0.05, 0.1) is 21.8 Å². The summed E-state index contributed by atoms with van der Waals surface area (Å²) in [7, 11) is 0. The summed E-state index contributed by atoms with van der Waals surface area (Å²) >= 11 is 3.11. The molecule has 0 fully saturated rings. The normalized spacial score (nSPS) is 11.2. The smallest absolute Gasteiger partial charge is 0.161 e. The van der Waals surface area contributed by atoms with Gasteiger partial charge >= 0.3 is 0 Å². The second-order valence-electron chi connectivity index (χ2n) is 4.38. The molecular weight excluding hydrogens is 333 g/mol. The average molecular weight is 341 g/mol. The lowest BCUT2D eigenvalue weighted by atomic mass is 10.2. The van der Waals surface area contributed by atoms with E-state index in [1.54, 1.807) is 16.7 Å². The Morgan fingerprint density at radius 1 is 1.00 bits per heavy atom. The van der Waals surface area contributed by atoms with Crippen molar-refractivity contribution >= 4 is 27.0 Å². The minimum atomic E-state index is -0.924. The molecule has 0 saturated carbocycles. The Hall–Kier alpha value is -1.82. The van der Waals surface area contributed by atoms with Gasteiger partial charge in [0.2, 0.25) is 0 Å². The first-order chi connectivity index (χ1) is 9.54. The lowest BCUT2D eigenvalue weighted by molar-refractivity contribution is 0.510. The topological polar surface area (TPSA) is 17.8 Å². The summed E-state index contributed by atoms with van der Waals surface area (Å²) in [6.45, 7) is 0.389. The molecule has 0 atom stereocenters. The summed E-state index contributed by atoms with van der Waals surface area (Å²) in [5, 5.41) is 0. The molecular formula is C14H8BrF3N2. The van der Waals surface area contributed by atoms with Gasteiger partial charge in [-0.05, 0) is 33.6 Å². The van der Waals surface area contributed by atoms with Gasteiger partial charge in [-0.15, -0.1) is 0 Å². The van der Waals surface area contributed by atoms with Gasteiger partial charge in [0.15, 0.2) is 11.6 Å². The van der Waals surface area contributed by atoms with Gasteiger partial charge in [0, 0.05) is 18.7 Å². The van der Waals surface area contributed by atoms with Crippen molar-refractivity contribution in [3.8, 4) is 0 Å². The number of halogens is 4. The monoisotopic (exact) mass is 340 g/mol. The summed E-state index contributed by atoms with van der Waals surface area (Å²) in [6, 6.07) is 6.78. The van der Waals surface area contributed by atoms with Crippen LogP contribution in [0.25, 0.3) is 11.0 Å². The van der Waals surface area contributed by atoms with E-state index in [1.807, 2.05) is 0 Å². The molecule has 3 rings (SSSR count). The lowest BCUT2D eigenvalue weighted by Gasteiger charge is -2.06. The number of fused-ring (bicyclic) bond motifs is 1. The van der Waals surface area contributed by atoms with E-state index >= 15 is 0 Å². The van der Waals surface area contributed by atoms with Gasteiger partial charge in [0.25, 0.3) is 0 Å².